The van der Waals surface area contributed by atoms with Gasteiger partial charge in [-0.3, -0.25) is 4.79 Å². The maximum absolute atomic E-state index is 13.9. The molecular formula is C20H19FN4O4S. The number of carbonyl (C=O) groups is 2. The van der Waals surface area contributed by atoms with E-state index in [1.165, 1.54) is 12.1 Å². The van der Waals surface area contributed by atoms with Crippen molar-refractivity contribution in [2.75, 3.05) is 13.1 Å². The van der Waals surface area contributed by atoms with Crippen LogP contribution in [0.25, 0.3) is 10.2 Å². The van der Waals surface area contributed by atoms with E-state index < -0.39 is 12.0 Å². The average Bonchev–Trinajstić information content (AvgIpc) is 3.47. The van der Waals surface area contributed by atoms with Crippen LogP contribution in [0.5, 0.6) is 0 Å². The quantitative estimate of drug-likeness (QED) is 0.680. The number of primary amides is 1. The molecule has 2 aliphatic rings. The Morgan fingerprint density at radius 1 is 1.30 bits per heavy atom. The number of halogens is 1. The van der Waals surface area contributed by atoms with E-state index in [-0.39, 0.29) is 23.9 Å². The minimum Gasteiger partial charge on any atom is -0.441 e. The fourth-order valence-corrected chi connectivity index (χ4v) is 5.59. The van der Waals surface area contributed by atoms with Crippen LogP contribution >= 0.6 is 11.3 Å². The van der Waals surface area contributed by atoms with Crippen molar-refractivity contribution in [1.29, 1.82) is 0 Å². The summed E-state index contributed by atoms with van der Waals surface area (Å²) in [5.74, 6) is 0.347. The number of nitrogens with zero attached hydrogens (tertiary/aromatic N) is 3. The Hall–Kier alpha value is -3.01. The molecule has 1 unspecified atom stereocenters. The Balaban J connectivity index is 1.17. The molecule has 10 heteroatoms. The van der Waals surface area contributed by atoms with Crippen molar-refractivity contribution in [3.05, 3.63) is 46.5 Å². The Morgan fingerprint density at radius 3 is 2.73 bits per heavy atom. The number of rotatable bonds is 4. The lowest BCUT2D eigenvalue weighted by Gasteiger charge is -2.18. The number of ether oxygens (including phenoxy) is 1. The fourth-order valence-electron chi connectivity index (χ4n) is 4.48. The van der Waals surface area contributed by atoms with E-state index in [1.54, 1.807) is 22.3 Å². The molecule has 156 valence electrons. The van der Waals surface area contributed by atoms with Crippen LogP contribution in [0.15, 0.2) is 28.8 Å². The maximum atomic E-state index is 13.9. The predicted molar refractivity (Wildman–Crippen MR) is 105 cm³/mol. The Kier molecular flexibility index (Phi) is 4.65. The zero-order chi connectivity index (χ0) is 20.8. The van der Waals surface area contributed by atoms with Crippen molar-refractivity contribution in [2.45, 2.75) is 25.4 Å². The molecule has 1 aromatic carbocycles. The number of benzene rings is 1. The van der Waals surface area contributed by atoms with Crippen molar-refractivity contribution in [3.8, 4) is 0 Å². The molecule has 1 saturated carbocycles. The van der Waals surface area contributed by atoms with Gasteiger partial charge < -0.3 is 19.9 Å². The van der Waals surface area contributed by atoms with Crippen molar-refractivity contribution < 1.29 is 23.2 Å². The van der Waals surface area contributed by atoms with Crippen LogP contribution in [-0.4, -0.2) is 40.1 Å². The molecule has 0 radical (unpaired) electrons. The summed E-state index contributed by atoms with van der Waals surface area (Å²) in [6.07, 6.45) is 1.44. The van der Waals surface area contributed by atoms with E-state index in [0.29, 0.717) is 36.4 Å². The lowest BCUT2D eigenvalue weighted by atomic mass is 10.0. The monoisotopic (exact) mass is 430 g/mol. The third-order valence-corrected chi connectivity index (χ3v) is 7.08. The molecule has 3 aromatic rings. The van der Waals surface area contributed by atoms with Crippen LogP contribution in [0, 0.1) is 17.7 Å². The highest BCUT2D eigenvalue weighted by molar-refractivity contribution is 7.18. The molecule has 1 aliphatic carbocycles. The first kappa shape index (κ1) is 19.0. The predicted octanol–water partition coefficient (Wildman–Crippen LogP) is 3.28. The molecular weight excluding hydrogens is 411 g/mol. The van der Waals surface area contributed by atoms with Gasteiger partial charge in [-0.05, 0) is 36.8 Å². The van der Waals surface area contributed by atoms with Gasteiger partial charge in [0, 0.05) is 25.1 Å². The lowest BCUT2D eigenvalue weighted by Crippen LogP contribution is -2.30. The summed E-state index contributed by atoms with van der Waals surface area (Å²) >= 11 is 1.56. The third-order valence-electron chi connectivity index (χ3n) is 5.89. The Bertz CT molecular complexity index is 1120. The molecule has 2 amide bonds. The van der Waals surface area contributed by atoms with Crippen LogP contribution in [0.4, 0.5) is 9.18 Å². The second kappa shape index (κ2) is 7.35. The average molecular weight is 430 g/mol. The number of hydrogen-bond donors (Lipinski definition) is 1. The van der Waals surface area contributed by atoms with Gasteiger partial charge in [-0.25, -0.2) is 14.2 Å². The van der Waals surface area contributed by atoms with Crippen LogP contribution in [0.2, 0.25) is 0 Å². The highest BCUT2D eigenvalue weighted by Gasteiger charge is 2.44. The summed E-state index contributed by atoms with van der Waals surface area (Å²) < 4.78 is 25.0. The molecule has 2 N–H and O–H groups in total. The van der Waals surface area contributed by atoms with E-state index in [0.717, 1.165) is 22.5 Å². The summed E-state index contributed by atoms with van der Waals surface area (Å²) in [5, 5.41) is 4.49. The van der Waals surface area contributed by atoms with Gasteiger partial charge in [-0.15, -0.1) is 11.3 Å². The van der Waals surface area contributed by atoms with Crippen LogP contribution in [-0.2, 0) is 11.3 Å². The highest BCUT2D eigenvalue weighted by Crippen LogP contribution is 2.47. The Morgan fingerprint density at radius 2 is 2.07 bits per heavy atom. The summed E-state index contributed by atoms with van der Waals surface area (Å²) in [6, 6.07) is 6.40. The molecule has 0 spiro atoms. The van der Waals surface area contributed by atoms with E-state index in [9.17, 15) is 14.0 Å². The fraction of sp³-hybridized carbons (Fsp3) is 0.400. The topological polar surface area (TPSA) is 112 Å². The van der Waals surface area contributed by atoms with Gasteiger partial charge in [-0.2, -0.15) is 0 Å². The maximum Gasteiger partial charge on any atom is 0.410 e. The van der Waals surface area contributed by atoms with Gasteiger partial charge in [0.1, 0.15) is 11.3 Å². The zero-order valence-electron chi connectivity index (χ0n) is 15.9. The summed E-state index contributed by atoms with van der Waals surface area (Å²) in [5.41, 5.74) is 5.57. The Labute approximate surface area is 174 Å². The van der Waals surface area contributed by atoms with Crippen molar-refractivity contribution >= 4 is 33.6 Å². The molecule has 1 aliphatic heterocycles. The van der Waals surface area contributed by atoms with Gasteiger partial charge >= 0.3 is 6.09 Å². The van der Waals surface area contributed by atoms with Crippen molar-refractivity contribution in [2.24, 2.45) is 17.6 Å². The number of fused-ring (bicyclic) bond motifs is 2. The highest BCUT2D eigenvalue weighted by atomic mass is 32.1. The molecule has 3 atom stereocenters. The number of thiazole rings is 1. The van der Waals surface area contributed by atoms with Gasteiger partial charge in [0.25, 0.3) is 5.91 Å². The van der Waals surface area contributed by atoms with E-state index in [4.69, 9.17) is 15.0 Å². The van der Waals surface area contributed by atoms with E-state index in [2.05, 4.69) is 10.1 Å². The summed E-state index contributed by atoms with van der Waals surface area (Å²) in [4.78, 5) is 29.7. The first-order valence-electron chi connectivity index (χ1n) is 9.70. The molecule has 2 fully saturated rings. The number of amides is 2. The molecule has 8 nitrogen and oxygen atoms in total. The number of likely N-dealkylation sites (tertiary alicyclic amines) is 1. The van der Waals surface area contributed by atoms with Gasteiger partial charge in [-0.1, -0.05) is 11.2 Å². The third kappa shape index (κ3) is 3.41. The summed E-state index contributed by atoms with van der Waals surface area (Å²) in [6.45, 7) is 1.15. The lowest BCUT2D eigenvalue weighted by molar-refractivity contribution is 0.0919. The molecule has 1 saturated heterocycles. The number of carbonyl (C=O) groups excluding carboxylic acids is 2. The SMILES string of the molecule is NC(=O)c1cc(COC(=O)N2C[C@H]3CC(c4nc5c(F)cccc5s4)C[C@H]3C2)on1. The van der Waals surface area contributed by atoms with Gasteiger partial charge in [0.15, 0.2) is 18.1 Å². The van der Waals surface area contributed by atoms with Crippen LogP contribution < -0.4 is 5.73 Å². The number of nitrogens with two attached hydrogens (primary N) is 1. The van der Waals surface area contributed by atoms with Gasteiger partial charge in [0.2, 0.25) is 0 Å². The van der Waals surface area contributed by atoms with E-state index >= 15 is 0 Å². The van der Waals surface area contributed by atoms with Crippen LogP contribution in [0.3, 0.4) is 0 Å². The molecule has 3 heterocycles. The van der Waals surface area contributed by atoms with Crippen molar-refractivity contribution in [1.82, 2.24) is 15.0 Å². The van der Waals surface area contributed by atoms with E-state index in [1.807, 2.05) is 6.07 Å². The molecule has 30 heavy (non-hydrogen) atoms. The molecule has 0 bridgehead atoms. The second-order valence-corrected chi connectivity index (χ2v) is 8.89. The largest absolute Gasteiger partial charge is 0.441 e. The van der Waals surface area contributed by atoms with Gasteiger partial charge in [0.05, 0.1) is 9.71 Å². The van der Waals surface area contributed by atoms with Crippen LogP contribution in [0.1, 0.15) is 40.0 Å². The normalized spacial score (nSPS) is 23.1. The minimum absolute atomic E-state index is 0.00229. The molecule has 2 aromatic heterocycles. The number of para-hydroxylation sites is 1. The minimum atomic E-state index is -0.700. The number of hydrogen-bond acceptors (Lipinski definition) is 7. The standard InChI is InChI=1S/C20H19FN4O4S/c21-14-2-1-3-16-17(14)23-19(30-16)10-4-11-7-25(8-12(11)5-10)20(27)28-9-13-6-15(18(22)26)24-29-13/h1-3,6,10-12H,4-5,7-9H2,(H2,22,26)/t10?,11-,12+. The smallest absolute Gasteiger partial charge is 0.410 e. The second-order valence-electron chi connectivity index (χ2n) is 7.83. The van der Waals surface area contributed by atoms with Crippen molar-refractivity contribution in [3.63, 3.8) is 0 Å². The summed E-state index contributed by atoms with van der Waals surface area (Å²) in [7, 11) is 0. The zero-order valence-corrected chi connectivity index (χ0v) is 16.7. The first-order chi connectivity index (χ1) is 14.5. The number of aromatic nitrogens is 2. The molecule has 5 rings (SSSR count). The first-order valence-corrected chi connectivity index (χ1v) is 10.5.